The van der Waals surface area contributed by atoms with E-state index in [2.05, 4.69) is 33.9 Å². The van der Waals surface area contributed by atoms with Crippen molar-refractivity contribution in [1.82, 2.24) is 0 Å². The molecule has 6 heteroatoms. The van der Waals surface area contributed by atoms with Crippen molar-refractivity contribution >= 4 is 20.3 Å². The molecule has 158 valence electrons. The van der Waals surface area contributed by atoms with Crippen LogP contribution in [-0.4, -0.2) is 40.1 Å². The molecule has 0 N–H and O–H groups in total. The highest BCUT2D eigenvalue weighted by Gasteiger charge is 2.52. The van der Waals surface area contributed by atoms with Crippen LogP contribution in [0, 0.1) is 5.41 Å². The summed E-state index contributed by atoms with van der Waals surface area (Å²) in [6.45, 7) is 15.7. The topological polar surface area (TPSA) is 61.8 Å². The van der Waals surface area contributed by atoms with Gasteiger partial charge in [-0.3, -0.25) is 9.59 Å². The van der Waals surface area contributed by atoms with Crippen LogP contribution in [0.4, 0.5) is 0 Å². The molecule has 5 nitrogen and oxygen atoms in total. The maximum absolute atomic E-state index is 12.7. The average molecular weight is 409 g/mol. The molecule has 2 aliphatic rings. The zero-order valence-corrected chi connectivity index (χ0v) is 19.6. The summed E-state index contributed by atoms with van der Waals surface area (Å²) >= 11 is 0. The maximum Gasteiger partial charge on any atom is 0.324 e. The fourth-order valence-electron chi connectivity index (χ4n) is 3.18. The minimum Gasteiger partial charge on any atom is -0.465 e. The number of carbonyl (C=O) groups excluding carboxylic acids is 2. The molecule has 1 fully saturated rings. The summed E-state index contributed by atoms with van der Waals surface area (Å²) in [4.78, 5) is 25.4. The lowest BCUT2D eigenvalue weighted by atomic mass is 9.83. The molecular weight excluding hydrogens is 372 g/mol. The predicted molar refractivity (Wildman–Crippen MR) is 112 cm³/mol. The molecular formula is C22H36O5Si. The number of rotatable bonds is 8. The Morgan fingerprint density at radius 3 is 2.04 bits per heavy atom. The highest BCUT2D eigenvalue weighted by molar-refractivity contribution is 6.74. The molecule has 28 heavy (non-hydrogen) atoms. The van der Waals surface area contributed by atoms with Gasteiger partial charge in [-0.15, -0.1) is 0 Å². The Labute approximate surface area is 170 Å². The van der Waals surface area contributed by atoms with Crippen LogP contribution in [0.5, 0.6) is 0 Å². The molecule has 0 aromatic heterocycles. The van der Waals surface area contributed by atoms with Gasteiger partial charge in [0.1, 0.15) is 0 Å². The van der Waals surface area contributed by atoms with Crippen LogP contribution >= 0.6 is 0 Å². The Hall–Kier alpha value is -1.40. The zero-order valence-electron chi connectivity index (χ0n) is 18.6. The van der Waals surface area contributed by atoms with Gasteiger partial charge in [0.25, 0.3) is 0 Å². The van der Waals surface area contributed by atoms with Crippen LogP contribution in [0.2, 0.25) is 18.1 Å². The molecule has 0 aliphatic heterocycles. The Morgan fingerprint density at radius 1 is 1.07 bits per heavy atom. The first-order valence-electron chi connectivity index (χ1n) is 10.4. The van der Waals surface area contributed by atoms with Gasteiger partial charge < -0.3 is 13.9 Å². The first kappa shape index (κ1) is 22.9. The molecule has 2 rings (SSSR count). The van der Waals surface area contributed by atoms with Crippen molar-refractivity contribution < 1.29 is 23.5 Å². The SMILES string of the molecule is CCOC(=O)C1(C(=O)OCC)CC=C(C(CO[Si](C)(C)C(C)(C)C)=C2CC2)C1. The van der Waals surface area contributed by atoms with Crippen LogP contribution in [-0.2, 0) is 23.5 Å². The Kier molecular flexibility index (Phi) is 6.97. The standard InChI is InChI=1S/C22H36O5Si/c1-8-25-19(23)22(20(24)26-9-2)13-12-17(14-22)18(16-10-11-16)15-27-28(6,7)21(3,4)5/h12H,8-11,13-15H2,1-7H3. The predicted octanol–water partition coefficient (Wildman–Crippen LogP) is 4.93. The van der Waals surface area contributed by atoms with Crippen LogP contribution in [0.25, 0.3) is 0 Å². The molecule has 0 bridgehead atoms. The van der Waals surface area contributed by atoms with Gasteiger partial charge in [0.2, 0.25) is 0 Å². The lowest BCUT2D eigenvalue weighted by Crippen LogP contribution is -2.41. The van der Waals surface area contributed by atoms with Crippen molar-refractivity contribution in [3.63, 3.8) is 0 Å². The lowest BCUT2D eigenvalue weighted by Gasteiger charge is -2.36. The van der Waals surface area contributed by atoms with Gasteiger partial charge in [0, 0.05) is 0 Å². The number of esters is 2. The van der Waals surface area contributed by atoms with Crippen LogP contribution in [0.15, 0.2) is 22.8 Å². The van der Waals surface area contributed by atoms with Gasteiger partial charge in [0.15, 0.2) is 13.7 Å². The van der Waals surface area contributed by atoms with E-state index < -0.39 is 25.7 Å². The van der Waals surface area contributed by atoms with E-state index in [1.54, 1.807) is 13.8 Å². The van der Waals surface area contributed by atoms with Gasteiger partial charge in [-0.1, -0.05) is 32.4 Å². The molecule has 0 amide bonds. The van der Waals surface area contributed by atoms with E-state index in [-0.39, 0.29) is 18.3 Å². The van der Waals surface area contributed by atoms with Crippen molar-refractivity contribution in [2.24, 2.45) is 5.41 Å². The molecule has 0 unspecified atom stereocenters. The highest BCUT2D eigenvalue weighted by atomic mass is 28.4. The molecule has 0 spiro atoms. The van der Waals surface area contributed by atoms with Gasteiger partial charge in [-0.2, -0.15) is 0 Å². The minimum atomic E-state index is -1.89. The van der Waals surface area contributed by atoms with E-state index >= 15 is 0 Å². The Bertz CT molecular complexity index is 658. The van der Waals surface area contributed by atoms with Crippen molar-refractivity contribution in [1.29, 1.82) is 0 Å². The summed E-state index contributed by atoms with van der Waals surface area (Å²) in [5, 5.41) is 0.135. The second-order valence-electron chi connectivity index (χ2n) is 9.26. The van der Waals surface area contributed by atoms with Gasteiger partial charge in [0.05, 0.1) is 19.8 Å². The minimum absolute atomic E-state index is 0.135. The number of carbonyl (C=O) groups is 2. The smallest absolute Gasteiger partial charge is 0.324 e. The maximum atomic E-state index is 12.7. The fraction of sp³-hybridized carbons (Fsp3) is 0.727. The summed E-state index contributed by atoms with van der Waals surface area (Å²) in [5.74, 6) is -0.963. The summed E-state index contributed by atoms with van der Waals surface area (Å²) in [7, 11) is -1.89. The molecule has 0 aromatic carbocycles. The number of hydrogen-bond acceptors (Lipinski definition) is 5. The Morgan fingerprint density at radius 2 is 1.61 bits per heavy atom. The van der Waals surface area contributed by atoms with E-state index in [0.29, 0.717) is 19.4 Å². The van der Waals surface area contributed by atoms with E-state index in [9.17, 15) is 9.59 Å². The molecule has 0 saturated heterocycles. The van der Waals surface area contributed by atoms with E-state index in [1.807, 2.05) is 6.08 Å². The van der Waals surface area contributed by atoms with Gasteiger partial charge in [-0.05, 0) is 68.8 Å². The number of allylic oxidation sites excluding steroid dienone is 2. The molecule has 0 heterocycles. The van der Waals surface area contributed by atoms with Crippen molar-refractivity contribution in [2.45, 2.75) is 78.4 Å². The monoisotopic (exact) mass is 408 g/mol. The summed E-state index contributed by atoms with van der Waals surface area (Å²) in [6.07, 6.45) is 4.82. The summed E-state index contributed by atoms with van der Waals surface area (Å²) < 4.78 is 17.0. The Balaban J connectivity index is 2.21. The third kappa shape index (κ3) is 4.77. The van der Waals surface area contributed by atoms with E-state index in [0.717, 1.165) is 18.4 Å². The van der Waals surface area contributed by atoms with Crippen LogP contribution in [0.1, 0.15) is 60.3 Å². The third-order valence-electron chi connectivity index (χ3n) is 6.22. The van der Waals surface area contributed by atoms with E-state index in [1.165, 1.54) is 11.1 Å². The van der Waals surface area contributed by atoms with Crippen molar-refractivity contribution in [3.05, 3.63) is 22.8 Å². The van der Waals surface area contributed by atoms with Gasteiger partial charge >= 0.3 is 11.9 Å². The first-order chi connectivity index (χ1) is 13.0. The van der Waals surface area contributed by atoms with Crippen LogP contribution < -0.4 is 0 Å². The zero-order chi connectivity index (χ0) is 21.2. The summed E-state index contributed by atoms with van der Waals surface area (Å²) in [6, 6.07) is 0. The number of hydrogen-bond donors (Lipinski definition) is 0. The molecule has 2 aliphatic carbocycles. The summed E-state index contributed by atoms with van der Waals surface area (Å²) in [5.41, 5.74) is 2.36. The molecule has 1 saturated carbocycles. The molecule has 0 radical (unpaired) electrons. The fourth-order valence-corrected chi connectivity index (χ4v) is 4.12. The second kappa shape index (κ2) is 8.53. The van der Waals surface area contributed by atoms with Crippen molar-refractivity contribution in [3.8, 4) is 0 Å². The molecule has 0 atom stereocenters. The quantitative estimate of drug-likeness (QED) is 0.324. The highest BCUT2D eigenvalue weighted by Crippen LogP contribution is 2.47. The third-order valence-corrected chi connectivity index (χ3v) is 10.7. The van der Waals surface area contributed by atoms with Crippen molar-refractivity contribution in [2.75, 3.05) is 19.8 Å². The lowest BCUT2D eigenvalue weighted by molar-refractivity contribution is -0.171. The largest absolute Gasteiger partial charge is 0.465 e. The normalized spacial score (nSPS) is 18.5. The number of ether oxygens (including phenoxy) is 2. The first-order valence-corrected chi connectivity index (χ1v) is 13.3. The van der Waals surface area contributed by atoms with Crippen LogP contribution in [0.3, 0.4) is 0 Å². The second-order valence-corrected chi connectivity index (χ2v) is 14.1. The average Bonchev–Trinajstić information content (AvgIpc) is 3.32. The van der Waals surface area contributed by atoms with E-state index in [4.69, 9.17) is 13.9 Å². The molecule has 0 aromatic rings. The van der Waals surface area contributed by atoms with Gasteiger partial charge in [-0.25, -0.2) is 0 Å².